The van der Waals surface area contributed by atoms with E-state index < -0.39 is 0 Å². The molecule has 2 aromatic carbocycles. The molecule has 30 heavy (non-hydrogen) atoms. The summed E-state index contributed by atoms with van der Waals surface area (Å²) < 4.78 is 17.5. The van der Waals surface area contributed by atoms with Crippen LogP contribution in [0.3, 0.4) is 0 Å². The topological polar surface area (TPSA) is 85.8 Å². The summed E-state index contributed by atoms with van der Waals surface area (Å²) in [5.41, 5.74) is 1.28. The quantitative estimate of drug-likeness (QED) is 0.644. The second-order valence-electron chi connectivity index (χ2n) is 6.77. The lowest BCUT2D eigenvalue weighted by Gasteiger charge is -2.26. The molecule has 0 saturated carbocycles. The molecule has 1 N–H and O–H groups in total. The Balaban J connectivity index is 1.78. The summed E-state index contributed by atoms with van der Waals surface area (Å²) in [6.45, 7) is 2.15. The number of morpholine rings is 1. The van der Waals surface area contributed by atoms with Gasteiger partial charge in [-0.15, -0.1) is 0 Å². The Labute approximate surface area is 177 Å². The summed E-state index contributed by atoms with van der Waals surface area (Å²) in [5.74, 6) is 0.947. The van der Waals surface area contributed by atoms with Crippen LogP contribution < -0.4 is 15.0 Å². The molecule has 4 rings (SSSR count). The molecule has 1 saturated heterocycles. The molecule has 0 bridgehead atoms. The average molecular weight is 427 g/mol. The van der Waals surface area contributed by atoms with Crippen LogP contribution in [0.4, 0.5) is 0 Å². The molecular weight excluding hydrogens is 406 g/mol. The lowest BCUT2D eigenvalue weighted by atomic mass is 10.1. The minimum absolute atomic E-state index is 0.0939. The summed E-state index contributed by atoms with van der Waals surface area (Å²) >= 11 is 5.45. The Morgan fingerprint density at radius 2 is 1.80 bits per heavy atom. The van der Waals surface area contributed by atoms with Crippen molar-refractivity contribution >= 4 is 29.0 Å². The van der Waals surface area contributed by atoms with Crippen LogP contribution in [-0.4, -0.2) is 60.9 Å². The molecule has 1 aliphatic heterocycles. The van der Waals surface area contributed by atoms with Crippen molar-refractivity contribution in [2.75, 3.05) is 40.5 Å². The van der Waals surface area contributed by atoms with E-state index in [9.17, 15) is 9.59 Å². The maximum Gasteiger partial charge on any atom is 0.266 e. The van der Waals surface area contributed by atoms with Crippen molar-refractivity contribution in [3.05, 3.63) is 57.1 Å². The predicted molar refractivity (Wildman–Crippen MR) is 115 cm³/mol. The lowest BCUT2D eigenvalue weighted by molar-refractivity contribution is 0.0303. The first kappa shape index (κ1) is 20.1. The highest BCUT2D eigenvalue weighted by Crippen LogP contribution is 2.29. The number of aromatic nitrogens is 2. The largest absolute Gasteiger partial charge is 0.493 e. The van der Waals surface area contributed by atoms with Gasteiger partial charge < -0.3 is 24.1 Å². The fourth-order valence-electron chi connectivity index (χ4n) is 3.50. The van der Waals surface area contributed by atoms with E-state index in [4.69, 9.17) is 26.4 Å². The number of ether oxygens (including phenoxy) is 3. The minimum Gasteiger partial charge on any atom is -0.493 e. The van der Waals surface area contributed by atoms with E-state index in [1.54, 1.807) is 48.4 Å². The van der Waals surface area contributed by atoms with Crippen LogP contribution in [0.25, 0.3) is 16.6 Å². The van der Waals surface area contributed by atoms with Gasteiger partial charge in [-0.05, 0) is 42.5 Å². The molecule has 1 amide bonds. The van der Waals surface area contributed by atoms with Crippen molar-refractivity contribution in [3.8, 4) is 17.2 Å². The van der Waals surface area contributed by atoms with Gasteiger partial charge in [0.25, 0.3) is 11.5 Å². The minimum atomic E-state index is -0.286. The van der Waals surface area contributed by atoms with E-state index in [2.05, 4.69) is 4.98 Å². The van der Waals surface area contributed by atoms with Gasteiger partial charge in [0, 0.05) is 24.7 Å². The van der Waals surface area contributed by atoms with E-state index >= 15 is 0 Å². The summed E-state index contributed by atoms with van der Waals surface area (Å²) in [7, 11) is 3.07. The molecule has 156 valence electrons. The Morgan fingerprint density at radius 1 is 1.07 bits per heavy atom. The third kappa shape index (κ3) is 3.57. The Kier molecular flexibility index (Phi) is 5.56. The molecule has 1 fully saturated rings. The smallest absolute Gasteiger partial charge is 0.266 e. The maximum absolute atomic E-state index is 13.2. The molecule has 0 spiro atoms. The van der Waals surface area contributed by atoms with E-state index in [1.807, 2.05) is 0 Å². The van der Waals surface area contributed by atoms with Crippen molar-refractivity contribution in [2.45, 2.75) is 0 Å². The summed E-state index contributed by atoms with van der Waals surface area (Å²) in [6, 6.07) is 10.1. The molecule has 0 radical (unpaired) electrons. The number of amides is 1. The van der Waals surface area contributed by atoms with Gasteiger partial charge in [0.15, 0.2) is 16.3 Å². The van der Waals surface area contributed by atoms with Gasteiger partial charge in [-0.2, -0.15) is 0 Å². The molecule has 0 atom stereocenters. The van der Waals surface area contributed by atoms with Gasteiger partial charge in [0.1, 0.15) is 0 Å². The Morgan fingerprint density at radius 3 is 2.50 bits per heavy atom. The molecule has 3 aromatic rings. The van der Waals surface area contributed by atoms with Gasteiger partial charge in [-0.1, -0.05) is 0 Å². The molecule has 1 aliphatic rings. The van der Waals surface area contributed by atoms with Crippen LogP contribution in [0, 0.1) is 4.77 Å². The first-order chi connectivity index (χ1) is 14.5. The van der Waals surface area contributed by atoms with Crippen molar-refractivity contribution < 1.29 is 19.0 Å². The van der Waals surface area contributed by atoms with Crippen molar-refractivity contribution in [3.63, 3.8) is 0 Å². The zero-order valence-electron chi connectivity index (χ0n) is 16.6. The van der Waals surface area contributed by atoms with Crippen molar-refractivity contribution in [2.24, 2.45) is 0 Å². The van der Waals surface area contributed by atoms with E-state index in [0.717, 1.165) is 0 Å². The van der Waals surface area contributed by atoms with Crippen LogP contribution in [-0.2, 0) is 4.74 Å². The van der Waals surface area contributed by atoms with Gasteiger partial charge in [0.2, 0.25) is 0 Å². The number of nitrogens with one attached hydrogen (secondary N) is 1. The number of fused-ring (bicyclic) bond motifs is 1. The van der Waals surface area contributed by atoms with Gasteiger partial charge >= 0.3 is 0 Å². The number of hydrogen-bond acceptors (Lipinski definition) is 6. The average Bonchev–Trinajstić information content (AvgIpc) is 2.78. The predicted octanol–water partition coefficient (Wildman–Crippen LogP) is 2.54. The number of aromatic amines is 1. The molecule has 0 unspecified atom stereocenters. The van der Waals surface area contributed by atoms with E-state index in [-0.39, 0.29) is 16.2 Å². The Hall–Kier alpha value is -3.17. The second-order valence-corrected chi connectivity index (χ2v) is 7.16. The van der Waals surface area contributed by atoms with Gasteiger partial charge in [-0.3, -0.25) is 14.2 Å². The standard InChI is InChI=1S/C21H21N3O5S/c1-27-17-6-4-14(12-18(17)28-2)24-20(26)15-5-3-13(11-16(15)22-21(24)30)19(25)23-7-9-29-10-8-23/h3-6,11-12H,7-10H2,1-2H3,(H,22,30). The van der Waals surface area contributed by atoms with Crippen molar-refractivity contribution in [1.29, 1.82) is 0 Å². The first-order valence-corrected chi connectivity index (χ1v) is 9.83. The van der Waals surface area contributed by atoms with Crippen LogP contribution in [0.1, 0.15) is 10.4 Å². The normalized spacial score (nSPS) is 14.0. The second kappa shape index (κ2) is 8.29. The van der Waals surface area contributed by atoms with Crippen LogP contribution in [0.5, 0.6) is 11.5 Å². The summed E-state index contributed by atoms with van der Waals surface area (Å²) in [5, 5.41) is 0.428. The number of nitrogens with zero attached hydrogens (tertiary/aromatic N) is 2. The zero-order chi connectivity index (χ0) is 21.3. The number of H-pyrrole nitrogens is 1. The SMILES string of the molecule is COc1ccc(-n2c(=S)[nH]c3cc(C(=O)N4CCOCC4)ccc3c2=O)cc1OC. The first-order valence-electron chi connectivity index (χ1n) is 9.42. The molecule has 0 aliphatic carbocycles. The molecular formula is C21H21N3O5S. The molecule has 2 heterocycles. The molecule has 1 aromatic heterocycles. The zero-order valence-corrected chi connectivity index (χ0v) is 17.5. The highest BCUT2D eigenvalue weighted by molar-refractivity contribution is 7.71. The Bertz CT molecular complexity index is 1230. The number of rotatable bonds is 4. The number of carbonyl (C=O) groups is 1. The molecule has 8 nitrogen and oxygen atoms in total. The third-order valence-electron chi connectivity index (χ3n) is 5.07. The molecule has 9 heteroatoms. The van der Waals surface area contributed by atoms with Crippen molar-refractivity contribution in [1.82, 2.24) is 14.5 Å². The number of benzene rings is 2. The van der Waals surface area contributed by atoms with Gasteiger partial charge in [0.05, 0.1) is 44.0 Å². The number of hydrogen-bond donors (Lipinski definition) is 1. The van der Waals surface area contributed by atoms with Gasteiger partial charge in [-0.25, -0.2) is 0 Å². The summed E-state index contributed by atoms with van der Waals surface area (Å²) in [6.07, 6.45) is 0. The monoisotopic (exact) mass is 427 g/mol. The number of methoxy groups -OCH3 is 2. The van der Waals surface area contributed by atoms with Crippen LogP contribution >= 0.6 is 12.2 Å². The fraction of sp³-hybridized carbons (Fsp3) is 0.286. The third-order valence-corrected chi connectivity index (χ3v) is 5.35. The maximum atomic E-state index is 13.2. The fourth-order valence-corrected chi connectivity index (χ4v) is 3.80. The van der Waals surface area contributed by atoms with Crippen LogP contribution in [0.2, 0.25) is 0 Å². The highest BCUT2D eigenvalue weighted by Gasteiger charge is 2.19. The van der Waals surface area contributed by atoms with E-state index in [0.29, 0.717) is 60.0 Å². The summed E-state index contributed by atoms with van der Waals surface area (Å²) in [4.78, 5) is 30.7. The van der Waals surface area contributed by atoms with Crippen LogP contribution in [0.15, 0.2) is 41.2 Å². The highest BCUT2D eigenvalue weighted by atomic mass is 32.1. The number of carbonyl (C=O) groups excluding carboxylic acids is 1. The lowest BCUT2D eigenvalue weighted by Crippen LogP contribution is -2.40. The van der Waals surface area contributed by atoms with E-state index in [1.165, 1.54) is 11.7 Å².